The van der Waals surface area contributed by atoms with Gasteiger partial charge in [0, 0.05) is 35.9 Å². The van der Waals surface area contributed by atoms with Crippen molar-refractivity contribution in [3.63, 3.8) is 0 Å². The molecule has 0 bridgehead atoms. The fraction of sp³-hybridized carbons (Fsp3) is 0.267. The molecule has 1 aliphatic heterocycles. The minimum absolute atomic E-state index is 0.0995. The molecule has 1 amide bonds. The Kier molecular flexibility index (Phi) is 9.67. The number of benzene rings is 3. The van der Waals surface area contributed by atoms with Gasteiger partial charge in [-0.1, -0.05) is 23.8 Å². The third-order valence-corrected chi connectivity index (χ3v) is 6.52. The Morgan fingerprint density at radius 2 is 1.76 bits per heavy atom. The molecular weight excluding hydrogens is 564 g/mol. The van der Waals surface area contributed by atoms with E-state index in [2.05, 4.69) is 22.4 Å². The van der Waals surface area contributed by atoms with Gasteiger partial charge in [0.15, 0.2) is 12.4 Å². The summed E-state index contributed by atoms with van der Waals surface area (Å²) in [5.41, 5.74) is -0.784. The Morgan fingerprint density at radius 3 is 2.46 bits per heavy atom. The molecule has 3 aromatic carbocycles. The highest BCUT2D eigenvalue weighted by Crippen LogP contribution is 2.32. The van der Waals surface area contributed by atoms with Crippen molar-refractivity contribution >= 4 is 29.0 Å². The number of alkyl halides is 3. The average Bonchev–Trinajstić information content (AvgIpc) is 3.44. The van der Waals surface area contributed by atoms with Gasteiger partial charge in [-0.05, 0) is 73.5 Å². The standard InChI is InChI=1S/C30H27ClF4N2O4/c1-19-13-24(40-12-4-11-37-9-2-3-10-37)6-7-26(19)36-28(38)18-41-27-8-5-22(31)17-25(27)29(39)20-14-21(30(33,34)35)16-23(32)15-20/h2-3,5-8,13-17H,4,9-12,18H2,1H3,(H,36,38). The quantitative estimate of drug-likeness (QED) is 0.117. The van der Waals surface area contributed by atoms with Crippen molar-refractivity contribution in [2.75, 3.05) is 38.2 Å². The number of hydrogen-bond acceptors (Lipinski definition) is 5. The van der Waals surface area contributed by atoms with E-state index in [1.807, 2.05) is 6.92 Å². The van der Waals surface area contributed by atoms with Crippen LogP contribution < -0.4 is 14.8 Å². The number of ketones is 1. The largest absolute Gasteiger partial charge is 0.494 e. The number of halogens is 5. The Balaban J connectivity index is 1.36. The molecule has 0 radical (unpaired) electrons. The van der Waals surface area contributed by atoms with Crippen molar-refractivity contribution in [2.24, 2.45) is 0 Å². The van der Waals surface area contributed by atoms with Gasteiger partial charge in [-0.25, -0.2) is 4.39 Å². The maximum atomic E-state index is 13.9. The zero-order chi connectivity index (χ0) is 29.6. The molecule has 0 saturated carbocycles. The monoisotopic (exact) mass is 590 g/mol. The predicted molar refractivity (Wildman–Crippen MR) is 147 cm³/mol. The number of aryl methyl sites for hydroxylation is 1. The van der Waals surface area contributed by atoms with Gasteiger partial charge in [0.2, 0.25) is 0 Å². The van der Waals surface area contributed by atoms with Gasteiger partial charge in [0.1, 0.15) is 17.3 Å². The highest BCUT2D eigenvalue weighted by Gasteiger charge is 2.32. The lowest BCUT2D eigenvalue weighted by Gasteiger charge is -2.15. The van der Waals surface area contributed by atoms with Crippen LogP contribution in [0, 0.1) is 12.7 Å². The van der Waals surface area contributed by atoms with Crippen molar-refractivity contribution in [1.82, 2.24) is 4.90 Å². The van der Waals surface area contributed by atoms with Crippen LogP contribution in [0.5, 0.6) is 11.5 Å². The van der Waals surface area contributed by atoms with Crippen LogP contribution in [-0.4, -0.2) is 49.4 Å². The van der Waals surface area contributed by atoms with Crippen LogP contribution in [0.3, 0.4) is 0 Å². The van der Waals surface area contributed by atoms with Crippen LogP contribution in [0.2, 0.25) is 5.02 Å². The smallest absolute Gasteiger partial charge is 0.416 e. The van der Waals surface area contributed by atoms with Gasteiger partial charge in [-0.2, -0.15) is 13.2 Å². The van der Waals surface area contributed by atoms with Gasteiger partial charge >= 0.3 is 6.18 Å². The molecule has 0 atom stereocenters. The van der Waals surface area contributed by atoms with Crippen LogP contribution in [0.1, 0.15) is 33.5 Å². The molecule has 0 aliphatic carbocycles. The number of amides is 1. The van der Waals surface area contributed by atoms with E-state index in [9.17, 15) is 27.2 Å². The number of hydrogen-bond donors (Lipinski definition) is 1. The molecule has 0 spiro atoms. The van der Waals surface area contributed by atoms with E-state index in [1.165, 1.54) is 18.2 Å². The summed E-state index contributed by atoms with van der Waals surface area (Å²) in [7, 11) is 0. The Bertz CT molecular complexity index is 1450. The highest BCUT2D eigenvalue weighted by molar-refractivity contribution is 6.31. The van der Waals surface area contributed by atoms with E-state index in [0.717, 1.165) is 31.6 Å². The number of nitrogens with one attached hydrogen (secondary N) is 1. The summed E-state index contributed by atoms with van der Waals surface area (Å²) < 4.78 is 64.7. The summed E-state index contributed by atoms with van der Waals surface area (Å²) >= 11 is 6.00. The van der Waals surface area contributed by atoms with E-state index in [-0.39, 0.29) is 16.3 Å². The maximum Gasteiger partial charge on any atom is 0.416 e. The first-order chi connectivity index (χ1) is 19.5. The lowest BCUT2D eigenvalue weighted by atomic mass is 10.00. The number of carbonyl (C=O) groups is 2. The van der Waals surface area contributed by atoms with Crippen molar-refractivity contribution in [3.8, 4) is 11.5 Å². The van der Waals surface area contributed by atoms with E-state index in [0.29, 0.717) is 36.2 Å². The molecule has 4 rings (SSSR count). The number of nitrogens with zero attached hydrogens (tertiary/aromatic N) is 1. The Hall–Kier alpha value is -3.89. The summed E-state index contributed by atoms with van der Waals surface area (Å²) in [5.74, 6) is -2.14. The van der Waals surface area contributed by atoms with Crippen LogP contribution in [-0.2, 0) is 11.0 Å². The third kappa shape index (κ3) is 8.31. The molecule has 1 aliphatic rings. The molecule has 0 unspecified atom stereocenters. The van der Waals surface area contributed by atoms with E-state index < -0.39 is 41.4 Å². The molecule has 3 aromatic rings. The Morgan fingerprint density at radius 1 is 1.00 bits per heavy atom. The van der Waals surface area contributed by atoms with Crippen molar-refractivity contribution in [3.05, 3.63) is 99.8 Å². The second-order valence-electron chi connectivity index (χ2n) is 9.44. The molecular formula is C30H27ClF4N2O4. The summed E-state index contributed by atoms with van der Waals surface area (Å²) in [5, 5.41) is 2.82. The normalized spacial score (nSPS) is 13.3. The van der Waals surface area contributed by atoms with E-state index in [1.54, 1.807) is 18.2 Å². The first kappa shape index (κ1) is 30.1. The zero-order valence-electron chi connectivity index (χ0n) is 22.1. The molecule has 0 saturated heterocycles. The van der Waals surface area contributed by atoms with Gasteiger partial charge in [-0.15, -0.1) is 0 Å². The first-order valence-electron chi connectivity index (χ1n) is 12.7. The maximum absolute atomic E-state index is 13.9. The lowest BCUT2D eigenvalue weighted by molar-refractivity contribution is -0.137. The van der Waals surface area contributed by atoms with Gasteiger partial charge in [-0.3, -0.25) is 14.5 Å². The average molecular weight is 591 g/mol. The summed E-state index contributed by atoms with van der Waals surface area (Å²) in [4.78, 5) is 28.0. The summed E-state index contributed by atoms with van der Waals surface area (Å²) in [6, 6.07) is 10.7. The van der Waals surface area contributed by atoms with Crippen LogP contribution in [0.4, 0.5) is 23.2 Å². The fourth-order valence-corrected chi connectivity index (χ4v) is 4.40. The number of carbonyl (C=O) groups excluding carboxylic acids is 2. The predicted octanol–water partition coefficient (Wildman–Crippen LogP) is 6.70. The second kappa shape index (κ2) is 13.2. The molecule has 0 fully saturated rings. The molecule has 6 nitrogen and oxygen atoms in total. The highest BCUT2D eigenvalue weighted by atomic mass is 35.5. The number of rotatable bonds is 11. The molecule has 11 heteroatoms. The van der Waals surface area contributed by atoms with Gasteiger partial charge in [0.05, 0.1) is 17.7 Å². The lowest BCUT2D eigenvalue weighted by Crippen LogP contribution is -2.22. The summed E-state index contributed by atoms with van der Waals surface area (Å²) in [6.07, 6.45) is 0.309. The minimum Gasteiger partial charge on any atom is -0.494 e. The first-order valence-corrected chi connectivity index (χ1v) is 13.1. The minimum atomic E-state index is -4.85. The van der Waals surface area contributed by atoms with Gasteiger partial charge in [0.25, 0.3) is 5.91 Å². The number of ether oxygens (including phenoxy) is 2. The molecule has 41 heavy (non-hydrogen) atoms. The SMILES string of the molecule is Cc1cc(OCCCN2CC=CC2)ccc1NC(=O)COc1ccc(Cl)cc1C(=O)c1cc(F)cc(C(F)(F)F)c1. The van der Waals surface area contributed by atoms with Crippen molar-refractivity contribution in [2.45, 2.75) is 19.5 Å². The Labute approximate surface area is 239 Å². The van der Waals surface area contributed by atoms with Crippen LogP contribution >= 0.6 is 11.6 Å². The zero-order valence-corrected chi connectivity index (χ0v) is 22.8. The molecule has 216 valence electrons. The van der Waals surface area contributed by atoms with Crippen LogP contribution in [0.15, 0.2) is 66.7 Å². The van der Waals surface area contributed by atoms with Crippen LogP contribution in [0.25, 0.3) is 0 Å². The fourth-order valence-electron chi connectivity index (χ4n) is 4.22. The van der Waals surface area contributed by atoms with Gasteiger partial charge < -0.3 is 14.8 Å². The second-order valence-corrected chi connectivity index (χ2v) is 9.88. The summed E-state index contributed by atoms with van der Waals surface area (Å²) in [6.45, 7) is 4.72. The molecule has 1 N–H and O–H groups in total. The van der Waals surface area contributed by atoms with E-state index in [4.69, 9.17) is 21.1 Å². The topological polar surface area (TPSA) is 67.9 Å². The van der Waals surface area contributed by atoms with E-state index >= 15 is 0 Å². The molecule has 1 heterocycles. The molecule has 0 aromatic heterocycles. The third-order valence-electron chi connectivity index (χ3n) is 6.29. The van der Waals surface area contributed by atoms with Crippen molar-refractivity contribution in [1.29, 1.82) is 0 Å². The van der Waals surface area contributed by atoms with Crippen molar-refractivity contribution < 1.29 is 36.6 Å². The number of anilines is 1.